The van der Waals surface area contributed by atoms with Gasteiger partial charge in [-0.25, -0.2) is 4.79 Å². The molecule has 1 saturated heterocycles. The number of nitrogens with one attached hydrogen (secondary N) is 2. The van der Waals surface area contributed by atoms with E-state index in [1.165, 1.54) is 0 Å². The summed E-state index contributed by atoms with van der Waals surface area (Å²) in [6.07, 6.45) is 1.65. The second-order valence-corrected chi connectivity index (χ2v) is 7.15. The summed E-state index contributed by atoms with van der Waals surface area (Å²) < 4.78 is 10.6. The number of hydrogen-bond donors (Lipinski definition) is 2. The number of piperidine rings is 1. The first-order valence-corrected chi connectivity index (χ1v) is 8.73. The van der Waals surface area contributed by atoms with Crippen LogP contribution in [0.3, 0.4) is 0 Å². The molecule has 1 amide bonds. The van der Waals surface area contributed by atoms with E-state index in [1.54, 1.807) is 19.1 Å². The zero-order valence-corrected chi connectivity index (χ0v) is 16.0. The smallest absolute Gasteiger partial charge is 0.409 e. The fourth-order valence-corrected chi connectivity index (χ4v) is 2.74. The molecule has 1 atom stereocenters. The molecule has 0 aromatic carbocycles. The summed E-state index contributed by atoms with van der Waals surface area (Å²) in [5.41, 5.74) is 0.0611. The molecule has 1 heterocycles. The third-order valence-electron chi connectivity index (χ3n) is 4.29. The molecule has 0 aromatic rings. The Balaban J connectivity index is 2.41. The zero-order valence-electron chi connectivity index (χ0n) is 16.0. The molecule has 0 radical (unpaired) electrons. The first-order chi connectivity index (χ1) is 11.3. The van der Waals surface area contributed by atoms with Crippen molar-refractivity contribution in [2.45, 2.75) is 52.7 Å². The summed E-state index contributed by atoms with van der Waals surface area (Å²) in [4.78, 5) is 17.8. The molecule has 0 aromatic heterocycles. The number of nitrogens with zero attached hydrogens (tertiary/aromatic N) is 2. The van der Waals surface area contributed by atoms with Gasteiger partial charge in [-0.15, -0.1) is 0 Å². The van der Waals surface area contributed by atoms with Crippen LogP contribution in [0.4, 0.5) is 4.79 Å². The van der Waals surface area contributed by atoms with E-state index in [4.69, 9.17) is 9.47 Å². The van der Waals surface area contributed by atoms with Gasteiger partial charge in [-0.1, -0.05) is 20.8 Å². The fourth-order valence-electron chi connectivity index (χ4n) is 2.74. The molecule has 140 valence electrons. The number of ether oxygens (including phenoxy) is 2. The predicted molar refractivity (Wildman–Crippen MR) is 96.4 cm³/mol. The molecule has 7 heteroatoms. The lowest BCUT2D eigenvalue weighted by Crippen LogP contribution is -2.51. The maximum Gasteiger partial charge on any atom is 0.409 e. The highest BCUT2D eigenvalue weighted by atomic mass is 16.6. The molecule has 0 saturated carbocycles. The SMILES string of the molecule is CCOC(=O)N1CCC(NC(=NC)NCC(OC)C(C)(C)C)CC1. The maximum atomic E-state index is 11.7. The topological polar surface area (TPSA) is 75.2 Å². The van der Waals surface area contributed by atoms with E-state index in [9.17, 15) is 4.79 Å². The zero-order chi connectivity index (χ0) is 18.2. The van der Waals surface area contributed by atoms with E-state index in [1.807, 2.05) is 6.92 Å². The number of hydrogen-bond acceptors (Lipinski definition) is 4. The quantitative estimate of drug-likeness (QED) is 0.589. The van der Waals surface area contributed by atoms with Gasteiger partial charge in [0, 0.05) is 39.8 Å². The lowest BCUT2D eigenvalue weighted by atomic mass is 9.89. The largest absolute Gasteiger partial charge is 0.450 e. The van der Waals surface area contributed by atoms with E-state index in [2.05, 4.69) is 36.4 Å². The van der Waals surface area contributed by atoms with Crippen LogP contribution in [0.2, 0.25) is 0 Å². The summed E-state index contributed by atoms with van der Waals surface area (Å²) in [5, 5.41) is 6.77. The van der Waals surface area contributed by atoms with Crippen LogP contribution in [0.1, 0.15) is 40.5 Å². The van der Waals surface area contributed by atoms with Crippen molar-refractivity contribution in [1.29, 1.82) is 0 Å². The van der Waals surface area contributed by atoms with Gasteiger partial charge in [0.2, 0.25) is 0 Å². The summed E-state index contributed by atoms with van der Waals surface area (Å²) in [6, 6.07) is 0.303. The minimum Gasteiger partial charge on any atom is -0.450 e. The maximum absolute atomic E-state index is 11.7. The monoisotopic (exact) mass is 342 g/mol. The molecule has 24 heavy (non-hydrogen) atoms. The van der Waals surface area contributed by atoms with E-state index >= 15 is 0 Å². The fraction of sp³-hybridized carbons (Fsp3) is 0.882. The Kier molecular flexibility index (Phi) is 8.31. The van der Waals surface area contributed by atoms with E-state index in [-0.39, 0.29) is 17.6 Å². The molecular weight excluding hydrogens is 308 g/mol. The summed E-state index contributed by atoms with van der Waals surface area (Å²) in [6.45, 7) is 10.8. The first-order valence-electron chi connectivity index (χ1n) is 8.73. The predicted octanol–water partition coefficient (Wildman–Crippen LogP) is 1.83. The Morgan fingerprint density at radius 1 is 1.33 bits per heavy atom. The average Bonchev–Trinajstić information content (AvgIpc) is 2.53. The highest BCUT2D eigenvalue weighted by Crippen LogP contribution is 2.21. The van der Waals surface area contributed by atoms with Gasteiger partial charge in [-0.05, 0) is 25.2 Å². The van der Waals surface area contributed by atoms with Gasteiger partial charge < -0.3 is 25.0 Å². The number of guanidine groups is 1. The van der Waals surface area contributed by atoms with Crippen molar-refractivity contribution in [2.75, 3.05) is 40.4 Å². The Morgan fingerprint density at radius 3 is 2.42 bits per heavy atom. The molecule has 1 unspecified atom stereocenters. The molecule has 0 aliphatic carbocycles. The minimum atomic E-state index is -0.216. The number of aliphatic imine (C=N–C) groups is 1. The molecule has 2 N–H and O–H groups in total. The first kappa shape index (κ1) is 20.5. The van der Waals surface area contributed by atoms with Crippen LogP contribution in [0.25, 0.3) is 0 Å². The van der Waals surface area contributed by atoms with Crippen LogP contribution in [0, 0.1) is 5.41 Å². The molecule has 1 aliphatic rings. The second-order valence-electron chi connectivity index (χ2n) is 7.15. The van der Waals surface area contributed by atoms with Gasteiger partial charge >= 0.3 is 6.09 Å². The van der Waals surface area contributed by atoms with E-state index in [0.29, 0.717) is 32.3 Å². The summed E-state index contributed by atoms with van der Waals surface area (Å²) >= 11 is 0. The number of carbonyl (C=O) groups excluding carboxylic acids is 1. The van der Waals surface area contributed by atoms with Gasteiger partial charge in [0.25, 0.3) is 0 Å². The Morgan fingerprint density at radius 2 is 1.96 bits per heavy atom. The summed E-state index contributed by atoms with van der Waals surface area (Å²) in [7, 11) is 3.50. The van der Waals surface area contributed by atoms with Crippen molar-refractivity contribution < 1.29 is 14.3 Å². The molecule has 0 bridgehead atoms. The molecule has 1 fully saturated rings. The van der Waals surface area contributed by atoms with E-state index in [0.717, 1.165) is 18.8 Å². The molecular formula is C17H34N4O3. The molecule has 0 spiro atoms. The van der Waals surface area contributed by atoms with Crippen LogP contribution in [-0.2, 0) is 9.47 Å². The van der Waals surface area contributed by atoms with Crippen molar-refractivity contribution >= 4 is 12.1 Å². The average molecular weight is 342 g/mol. The van der Waals surface area contributed by atoms with Crippen molar-refractivity contribution in [1.82, 2.24) is 15.5 Å². The van der Waals surface area contributed by atoms with Crippen LogP contribution in [-0.4, -0.2) is 69.5 Å². The van der Waals surface area contributed by atoms with E-state index < -0.39 is 0 Å². The third-order valence-corrected chi connectivity index (χ3v) is 4.29. The Labute approximate surface area is 146 Å². The van der Waals surface area contributed by atoms with Gasteiger partial charge in [-0.3, -0.25) is 4.99 Å². The van der Waals surface area contributed by atoms with Gasteiger partial charge in [0.05, 0.1) is 12.7 Å². The highest BCUT2D eigenvalue weighted by molar-refractivity contribution is 5.80. The second kappa shape index (κ2) is 9.71. The molecule has 1 aliphatic heterocycles. The highest BCUT2D eigenvalue weighted by Gasteiger charge is 2.26. The van der Waals surface area contributed by atoms with Crippen molar-refractivity contribution in [3.8, 4) is 0 Å². The van der Waals surface area contributed by atoms with Crippen LogP contribution in [0.15, 0.2) is 4.99 Å². The summed E-state index contributed by atoms with van der Waals surface area (Å²) in [5.74, 6) is 0.774. The van der Waals surface area contributed by atoms with Crippen LogP contribution in [0.5, 0.6) is 0 Å². The number of likely N-dealkylation sites (tertiary alicyclic amines) is 1. The van der Waals surface area contributed by atoms with Crippen LogP contribution >= 0.6 is 0 Å². The Hall–Kier alpha value is -1.50. The lowest BCUT2D eigenvalue weighted by Gasteiger charge is -2.33. The van der Waals surface area contributed by atoms with Crippen molar-refractivity contribution in [3.05, 3.63) is 0 Å². The third kappa shape index (κ3) is 6.55. The van der Waals surface area contributed by atoms with Crippen molar-refractivity contribution in [3.63, 3.8) is 0 Å². The standard InChI is InChI=1S/C17H34N4O3/c1-7-24-16(22)21-10-8-13(9-11-21)20-15(18-5)19-12-14(23-6)17(2,3)4/h13-14H,7-12H2,1-6H3,(H2,18,19,20). The number of methoxy groups -OCH3 is 1. The number of carbonyl (C=O) groups is 1. The molecule has 7 nitrogen and oxygen atoms in total. The van der Waals surface area contributed by atoms with Crippen molar-refractivity contribution in [2.24, 2.45) is 10.4 Å². The molecule has 1 rings (SSSR count). The van der Waals surface area contributed by atoms with Gasteiger partial charge in [-0.2, -0.15) is 0 Å². The normalized spacial score (nSPS) is 18.2. The Bertz CT molecular complexity index is 413. The number of rotatable bonds is 5. The van der Waals surface area contributed by atoms with Crippen LogP contribution < -0.4 is 10.6 Å². The van der Waals surface area contributed by atoms with Gasteiger partial charge in [0.15, 0.2) is 5.96 Å². The minimum absolute atomic E-state index is 0.0611. The lowest BCUT2D eigenvalue weighted by molar-refractivity contribution is 0.0204. The number of amides is 1. The van der Waals surface area contributed by atoms with Gasteiger partial charge in [0.1, 0.15) is 0 Å².